The predicted molar refractivity (Wildman–Crippen MR) is 98.8 cm³/mol. The number of rotatable bonds is 9. The Morgan fingerprint density at radius 1 is 0.846 bits per heavy atom. The maximum Gasteiger partial charge on any atom is 0.319 e. The minimum atomic E-state index is -0.731. The summed E-state index contributed by atoms with van der Waals surface area (Å²) in [4.78, 5) is 38.8. The smallest absolute Gasteiger partial charge is 0.319 e. The molecule has 0 aromatic heterocycles. The van der Waals surface area contributed by atoms with E-state index in [-0.39, 0.29) is 24.3 Å². The van der Waals surface area contributed by atoms with E-state index in [1.54, 1.807) is 0 Å². The Hall–Kier alpha value is -1.79. The standard InChI is InChI=1S/C19H33N3O4/c23-17(24)8-4-2-1-3-5-11-20-18(25)16-9-14-22(15-10-16)19(26)21-12-6-7-13-21/h16H,1-15H2,(H,20,25)(H,23,24). The summed E-state index contributed by atoms with van der Waals surface area (Å²) < 4.78 is 0. The van der Waals surface area contributed by atoms with Crippen LogP contribution < -0.4 is 5.32 Å². The van der Waals surface area contributed by atoms with Gasteiger partial charge in [-0.05, 0) is 38.5 Å². The number of hydrogen-bond acceptors (Lipinski definition) is 3. The van der Waals surface area contributed by atoms with Crippen LogP contribution in [0, 0.1) is 5.92 Å². The van der Waals surface area contributed by atoms with E-state index in [9.17, 15) is 14.4 Å². The molecule has 2 aliphatic heterocycles. The predicted octanol–water partition coefficient (Wildman–Crippen LogP) is 2.46. The van der Waals surface area contributed by atoms with Gasteiger partial charge < -0.3 is 20.2 Å². The lowest BCUT2D eigenvalue weighted by atomic mass is 9.96. The normalized spacial score (nSPS) is 18.2. The number of urea groups is 1. The summed E-state index contributed by atoms with van der Waals surface area (Å²) in [6.45, 7) is 3.78. The average Bonchev–Trinajstić information content (AvgIpc) is 3.17. The lowest BCUT2D eigenvalue weighted by Gasteiger charge is -2.34. The van der Waals surface area contributed by atoms with Crippen LogP contribution in [0.4, 0.5) is 4.79 Å². The van der Waals surface area contributed by atoms with Gasteiger partial charge in [0.05, 0.1) is 0 Å². The Balaban J connectivity index is 1.51. The molecule has 0 aromatic carbocycles. The van der Waals surface area contributed by atoms with Crippen LogP contribution >= 0.6 is 0 Å². The number of likely N-dealkylation sites (tertiary alicyclic amines) is 2. The van der Waals surface area contributed by atoms with E-state index < -0.39 is 5.97 Å². The minimum Gasteiger partial charge on any atom is -0.481 e. The lowest BCUT2D eigenvalue weighted by molar-refractivity contribution is -0.137. The third-order valence-electron chi connectivity index (χ3n) is 5.38. The molecule has 2 fully saturated rings. The van der Waals surface area contributed by atoms with E-state index in [1.165, 1.54) is 0 Å². The van der Waals surface area contributed by atoms with E-state index in [0.717, 1.165) is 70.9 Å². The molecule has 0 saturated carbocycles. The van der Waals surface area contributed by atoms with Gasteiger partial charge in [0.1, 0.15) is 0 Å². The molecular formula is C19H33N3O4. The van der Waals surface area contributed by atoms with Crippen molar-refractivity contribution in [3.05, 3.63) is 0 Å². The van der Waals surface area contributed by atoms with Gasteiger partial charge in [0.15, 0.2) is 0 Å². The van der Waals surface area contributed by atoms with Crippen molar-refractivity contribution in [1.29, 1.82) is 0 Å². The second-order valence-corrected chi connectivity index (χ2v) is 7.44. The fourth-order valence-corrected chi connectivity index (χ4v) is 3.73. The Morgan fingerprint density at radius 2 is 1.42 bits per heavy atom. The Kier molecular flexibility index (Phi) is 8.71. The largest absolute Gasteiger partial charge is 0.481 e. The van der Waals surface area contributed by atoms with Crippen molar-refractivity contribution in [2.75, 3.05) is 32.7 Å². The summed E-state index contributed by atoms with van der Waals surface area (Å²) in [5.41, 5.74) is 0. The topological polar surface area (TPSA) is 90.0 Å². The SMILES string of the molecule is O=C(O)CCCCCCCNC(=O)C1CCN(C(=O)N2CCCC2)CC1. The van der Waals surface area contributed by atoms with E-state index >= 15 is 0 Å². The molecule has 0 aromatic rings. The highest BCUT2D eigenvalue weighted by Crippen LogP contribution is 2.20. The van der Waals surface area contributed by atoms with Crippen molar-refractivity contribution < 1.29 is 19.5 Å². The average molecular weight is 367 g/mol. The van der Waals surface area contributed by atoms with Crippen LogP contribution in [0.25, 0.3) is 0 Å². The lowest BCUT2D eigenvalue weighted by Crippen LogP contribution is -2.47. The zero-order valence-electron chi connectivity index (χ0n) is 15.8. The first-order chi connectivity index (χ1) is 12.6. The first-order valence-electron chi connectivity index (χ1n) is 10.1. The van der Waals surface area contributed by atoms with Gasteiger partial charge in [-0.2, -0.15) is 0 Å². The molecule has 2 saturated heterocycles. The molecule has 7 nitrogen and oxygen atoms in total. The highest BCUT2D eigenvalue weighted by Gasteiger charge is 2.30. The Labute approximate surface area is 156 Å². The van der Waals surface area contributed by atoms with Gasteiger partial charge in [-0.25, -0.2) is 4.79 Å². The van der Waals surface area contributed by atoms with Crippen LogP contribution in [0.15, 0.2) is 0 Å². The van der Waals surface area contributed by atoms with E-state index in [0.29, 0.717) is 19.6 Å². The summed E-state index contributed by atoms with van der Waals surface area (Å²) in [6.07, 6.45) is 8.58. The molecule has 0 bridgehead atoms. The number of nitrogens with one attached hydrogen (secondary N) is 1. The first kappa shape index (κ1) is 20.5. The van der Waals surface area contributed by atoms with Crippen LogP contribution in [0.5, 0.6) is 0 Å². The zero-order valence-corrected chi connectivity index (χ0v) is 15.8. The number of hydrogen-bond donors (Lipinski definition) is 2. The highest BCUT2D eigenvalue weighted by molar-refractivity contribution is 5.79. The van der Waals surface area contributed by atoms with Gasteiger partial charge >= 0.3 is 12.0 Å². The van der Waals surface area contributed by atoms with E-state index in [4.69, 9.17) is 5.11 Å². The molecule has 0 spiro atoms. The Morgan fingerprint density at radius 3 is 2.08 bits per heavy atom. The number of carbonyl (C=O) groups excluding carboxylic acids is 2. The number of unbranched alkanes of at least 4 members (excludes halogenated alkanes) is 4. The van der Waals surface area contributed by atoms with Gasteiger partial charge in [0, 0.05) is 45.1 Å². The minimum absolute atomic E-state index is 0.0215. The maximum absolute atomic E-state index is 12.4. The van der Waals surface area contributed by atoms with Crippen LogP contribution in [0.3, 0.4) is 0 Å². The summed E-state index contributed by atoms with van der Waals surface area (Å²) in [5.74, 6) is -0.595. The molecule has 2 heterocycles. The molecule has 26 heavy (non-hydrogen) atoms. The van der Waals surface area contributed by atoms with Gasteiger partial charge in [0.25, 0.3) is 0 Å². The summed E-state index contributed by atoms with van der Waals surface area (Å²) in [6, 6.07) is 0.143. The third-order valence-corrected chi connectivity index (χ3v) is 5.38. The summed E-state index contributed by atoms with van der Waals surface area (Å²) in [5, 5.41) is 11.6. The van der Waals surface area contributed by atoms with Gasteiger partial charge in [-0.3, -0.25) is 9.59 Å². The summed E-state index contributed by atoms with van der Waals surface area (Å²) >= 11 is 0. The molecule has 148 valence electrons. The van der Waals surface area contributed by atoms with Crippen molar-refractivity contribution in [2.45, 2.75) is 64.2 Å². The molecule has 7 heteroatoms. The van der Waals surface area contributed by atoms with Crippen LogP contribution in [-0.2, 0) is 9.59 Å². The molecule has 0 unspecified atom stereocenters. The second-order valence-electron chi connectivity index (χ2n) is 7.44. The molecule has 0 atom stereocenters. The molecule has 0 radical (unpaired) electrons. The number of piperidine rings is 1. The van der Waals surface area contributed by atoms with Gasteiger partial charge in [0.2, 0.25) is 5.91 Å². The van der Waals surface area contributed by atoms with Crippen molar-refractivity contribution in [1.82, 2.24) is 15.1 Å². The second kappa shape index (κ2) is 11.0. The van der Waals surface area contributed by atoms with Crippen molar-refractivity contribution in [2.24, 2.45) is 5.92 Å². The maximum atomic E-state index is 12.4. The van der Waals surface area contributed by atoms with Crippen LogP contribution in [-0.4, -0.2) is 65.5 Å². The van der Waals surface area contributed by atoms with E-state index in [1.807, 2.05) is 9.80 Å². The monoisotopic (exact) mass is 367 g/mol. The molecule has 2 aliphatic rings. The number of amides is 3. The molecule has 2 N–H and O–H groups in total. The quantitative estimate of drug-likeness (QED) is 0.613. The first-order valence-corrected chi connectivity index (χ1v) is 10.1. The van der Waals surface area contributed by atoms with E-state index in [2.05, 4.69) is 5.32 Å². The van der Waals surface area contributed by atoms with Gasteiger partial charge in [-0.1, -0.05) is 19.3 Å². The van der Waals surface area contributed by atoms with Crippen molar-refractivity contribution >= 4 is 17.9 Å². The van der Waals surface area contributed by atoms with Crippen molar-refractivity contribution in [3.63, 3.8) is 0 Å². The third kappa shape index (κ3) is 6.84. The number of carboxylic acid groups (broad SMARTS) is 1. The molecular weight excluding hydrogens is 334 g/mol. The fraction of sp³-hybridized carbons (Fsp3) is 0.842. The Bertz CT molecular complexity index is 469. The number of carboxylic acids is 1. The number of nitrogens with zero attached hydrogens (tertiary/aromatic N) is 2. The summed E-state index contributed by atoms with van der Waals surface area (Å²) in [7, 11) is 0. The number of aliphatic carboxylic acids is 1. The van der Waals surface area contributed by atoms with Gasteiger partial charge in [-0.15, -0.1) is 0 Å². The number of carbonyl (C=O) groups is 3. The van der Waals surface area contributed by atoms with Crippen LogP contribution in [0.1, 0.15) is 64.2 Å². The van der Waals surface area contributed by atoms with Crippen molar-refractivity contribution in [3.8, 4) is 0 Å². The molecule has 0 aliphatic carbocycles. The molecule has 3 amide bonds. The fourth-order valence-electron chi connectivity index (χ4n) is 3.73. The highest BCUT2D eigenvalue weighted by atomic mass is 16.4. The molecule has 2 rings (SSSR count). The van der Waals surface area contributed by atoms with Crippen LogP contribution in [0.2, 0.25) is 0 Å². The zero-order chi connectivity index (χ0) is 18.8.